The fourth-order valence-corrected chi connectivity index (χ4v) is 1.96. The average molecular weight is 203 g/mol. The second-order valence-electron chi connectivity index (χ2n) is 4.09. The molecule has 2 aromatic rings. The lowest BCUT2D eigenvalue weighted by Crippen LogP contribution is -2.56. The van der Waals surface area contributed by atoms with Crippen LogP contribution in [0.5, 0.6) is 0 Å². The average Bonchev–Trinajstić information content (AvgIpc) is 2.59. The number of nitrogens with zero attached hydrogens (tertiary/aromatic N) is 4. The highest BCUT2D eigenvalue weighted by molar-refractivity contribution is 5.54. The molecule has 78 valence electrons. The highest BCUT2D eigenvalue weighted by atomic mass is 15.4. The third-order valence-electron chi connectivity index (χ3n) is 2.74. The second kappa shape index (κ2) is 2.93. The number of rotatable bonds is 1. The van der Waals surface area contributed by atoms with Crippen LogP contribution in [0.15, 0.2) is 18.5 Å². The molecule has 3 rings (SSSR count). The summed E-state index contributed by atoms with van der Waals surface area (Å²) in [4.78, 5) is 6.42. The first-order chi connectivity index (χ1) is 7.24. The summed E-state index contributed by atoms with van der Waals surface area (Å²) in [5.41, 5.74) is 7.87. The van der Waals surface area contributed by atoms with Gasteiger partial charge in [-0.15, -0.1) is 0 Å². The molecule has 15 heavy (non-hydrogen) atoms. The van der Waals surface area contributed by atoms with Crippen LogP contribution in [0.1, 0.15) is 5.56 Å². The summed E-state index contributed by atoms with van der Waals surface area (Å²) in [6.07, 6.45) is 1.58. The molecule has 0 atom stereocenters. The minimum atomic E-state index is 0.295. The Kier molecular flexibility index (Phi) is 1.70. The SMILES string of the molecule is Cc1cc(N2CC(N)C2)n2ncnc2c1. The molecule has 0 spiro atoms. The molecule has 2 aromatic heterocycles. The van der Waals surface area contributed by atoms with Crippen LogP contribution in [0.3, 0.4) is 0 Å². The second-order valence-corrected chi connectivity index (χ2v) is 4.09. The maximum absolute atomic E-state index is 5.78. The van der Waals surface area contributed by atoms with Gasteiger partial charge < -0.3 is 10.6 Å². The molecule has 0 aliphatic carbocycles. The minimum Gasteiger partial charge on any atom is -0.353 e. The lowest BCUT2D eigenvalue weighted by atomic mass is 10.1. The van der Waals surface area contributed by atoms with E-state index in [1.54, 1.807) is 6.33 Å². The summed E-state index contributed by atoms with van der Waals surface area (Å²) in [7, 11) is 0. The zero-order chi connectivity index (χ0) is 10.4. The Morgan fingerprint density at radius 2 is 2.20 bits per heavy atom. The number of hydrogen-bond acceptors (Lipinski definition) is 4. The van der Waals surface area contributed by atoms with E-state index in [9.17, 15) is 0 Å². The van der Waals surface area contributed by atoms with Crippen molar-refractivity contribution in [3.05, 3.63) is 24.0 Å². The zero-order valence-corrected chi connectivity index (χ0v) is 8.59. The van der Waals surface area contributed by atoms with Crippen molar-refractivity contribution >= 4 is 11.5 Å². The first-order valence-electron chi connectivity index (χ1n) is 5.05. The van der Waals surface area contributed by atoms with E-state index in [0.717, 1.165) is 24.6 Å². The summed E-state index contributed by atoms with van der Waals surface area (Å²) >= 11 is 0. The van der Waals surface area contributed by atoms with Crippen molar-refractivity contribution in [2.45, 2.75) is 13.0 Å². The lowest BCUT2D eigenvalue weighted by Gasteiger charge is -2.38. The molecular weight excluding hydrogens is 190 g/mol. The maximum atomic E-state index is 5.78. The molecule has 0 unspecified atom stereocenters. The summed E-state index contributed by atoms with van der Waals surface area (Å²) in [5, 5.41) is 4.21. The van der Waals surface area contributed by atoms with Gasteiger partial charge in [0, 0.05) is 19.1 Å². The van der Waals surface area contributed by atoms with E-state index in [2.05, 4.69) is 28.0 Å². The van der Waals surface area contributed by atoms with Crippen LogP contribution in [0.4, 0.5) is 5.82 Å². The van der Waals surface area contributed by atoms with E-state index in [0.29, 0.717) is 6.04 Å². The topological polar surface area (TPSA) is 59.5 Å². The van der Waals surface area contributed by atoms with Gasteiger partial charge in [-0.05, 0) is 24.6 Å². The number of aryl methyl sites for hydroxylation is 1. The van der Waals surface area contributed by atoms with Crippen LogP contribution in [0, 0.1) is 6.92 Å². The van der Waals surface area contributed by atoms with E-state index in [1.807, 2.05) is 10.6 Å². The van der Waals surface area contributed by atoms with E-state index >= 15 is 0 Å². The molecule has 1 aliphatic heterocycles. The van der Waals surface area contributed by atoms with Crippen LogP contribution < -0.4 is 10.6 Å². The molecular formula is C10H13N5. The van der Waals surface area contributed by atoms with Crippen molar-refractivity contribution in [2.24, 2.45) is 5.73 Å². The maximum Gasteiger partial charge on any atom is 0.157 e. The first kappa shape index (κ1) is 8.67. The Hall–Kier alpha value is -1.62. The van der Waals surface area contributed by atoms with Crippen molar-refractivity contribution < 1.29 is 0 Å². The van der Waals surface area contributed by atoms with Crippen LogP contribution in [0.2, 0.25) is 0 Å². The van der Waals surface area contributed by atoms with E-state index in [4.69, 9.17) is 5.73 Å². The Morgan fingerprint density at radius 3 is 2.93 bits per heavy atom. The predicted octanol–water partition coefficient (Wildman–Crippen LogP) is 0.185. The van der Waals surface area contributed by atoms with Crippen molar-refractivity contribution in [1.82, 2.24) is 14.6 Å². The third kappa shape index (κ3) is 1.27. The number of nitrogens with two attached hydrogens (primary N) is 1. The summed E-state index contributed by atoms with van der Waals surface area (Å²) < 4.78 is 1.86. The van der Waals surface area contributed by atoms with Crippen molar-refractivity contribution in [3.63, 3.8) is 0 Å². The molecule has 1 aliphatic rings. The Bertz CT molecular complexity index is 497. The first-order valence-corrected chi connectivity index (χ1v) is 5.05. The molecule has 0 aromatic carbocycles. The molecule has 1 fully saturated rings. The fourth-order valence-electron chi connectivity index (χ4n) is 1.96. The number of hydrogen-bond donors (Lipinski definition) is 1. The van der Waals surface area contributed by atoms with E-state index in [1.165, 1.54) is 5.56 Å². The van der Waals surface area contributed by atoms with E-state index in [-0.39, 0.29) is 0 Å². The number of pyridine rings is 1. The van der Waals surface area contributed by atoms with Gasteiger partial charge in [-0.2, -0.15) is 9.61 Å². The highest BCUT2D eigenvalue weighted by Crippen LogP contribution is 2.21. The van der Waals surface area contributed by atoms with Gasteiger partial charge in [-0.1, -0.05) is 0 Å². The van der Waals surface area contributed by atoms with Crippen LogP contribution in [-0.4, -0.2) is 33.7 Å². The predicted molar refractivity (Wildman–Crippen MR) is 57.9 cm³/mol. The van der Waals surface area contributed by atoms with Crippen molar-refractivity contribution in [1.29, 1.82) is 0 Å². The molecule has 5 heteroatoms. The van der Waals surface area contributed by atoms with Gasteiger partial charge >= 0.3 is 0 Å². The van der Waals surface area contributed by atoms with Crippen molar-refractivity contribution in [2.75, 3.05) is 18.0 Å². The summed E-state index contributed by atoms with van der Waals surface area (Å²) in [5.74, 6) is 1.09. The molecule has 3 heterocycles. The van der Waals surface area contributed by atoms with Crippen LogP contribution >= 0.6 is 0 Å². The molecule has 0 amide bonds. The quantitative estimate of drug-likeness (QED) is 0.718. The van der Waals surface area contributed by atoms with Gasteiger partial charge in [0.15, 0.2) is 5.65 Å². The smallest absolute Gasteiger partial charge is 0.157 e. The Morgan fingerprint density at radius 1 is 1.40 bits per heavy atom. The number of anilines is 1. The molecule has 0 radical (unpaired) electrons. The van der Waals surface area contributed by atoms with Gasteiger partial charge in [-0.3, -0.25) is 0 Å². The molecule has 2 N–H and O–H groups in total. The minimum absolute atomic E-state index is 0.295. The van der Waals surface area contributed by atoms with Gasteiger partial charge in [0.1, 0.15) is 12.1 Å². The highest BCUT2D eigenvalue weighted by Gasteiger charge is 2.25. The Balaban J connectivity index is 2.12. The molecule has 0 bridgehead atoms. The summed E-state index contributed by atoms with van der Waals surface area (Å²) in [6.45, 7) is 3.87. The van der Waals surface area contributed by atoms with Crippen molar-refractivity contribution in [3.8, 4) is 0 Å². The molecule has 0 saturated carbocycles. The zero-order valence-electron chi connectivity index (χ0n) is 8.59. The third-order valence-corrected chi connectivity index (χ3v) is 2.74. The lowest BCUT2D eigenvalue weighted by molar-refractivity contribution is 0.510. The molecule has 5 nitrogen and oxygen atoms in total. The number of fused-ring (bicyclic) bond motifs is 1. The monoisotopic (exact) mass is 203 g/mol. The van der Waals surface area contributed by atoms with Gasteiger partial charge in [0.2, 0.25) is 0 Å². The van der Waals surface area contributed by atoms with Gasteiger partial charge in [0.25, 0.3) is 0 Å². The summed E-state index contributed by atoms with van der Waals surface area (Å²) in [6, 6.07) is 4.44. The van der Waals surface area contributed by atoms with Gasteiger partial charge in [-0.25, -0.2) is 4.98 Å². The normalized spacial score (nSPS) is 17.1. The molecule has 1 saturated heterocycles. The van der Waals surface area contributed by atoms with Crippen LogP contribution in [0.25, 0.3) is 5.65 Å². The number of aromatic nitrogens is 3. The largest absolute Gasteiger partial charge is 0.353 e. The van der Waals surface area contributed by atoms with Gasteiger partial charge in [0.05, 0.1) is 0 Å². The van der Waals surface area contributed by atoms with Crippen LogP contribution in [-0.2, 0) is 0 Å². The Labute approximate surface area is 87.5 Å². The fraction of sp³-hybridized carbons (Fsp3) is 0.400. The standard InChI is InChI=1S/C10H13N5/c1-7-2-9-12-6-13-15(9)10(3-7)14-4-8(11)5-14/h2-3,6,8H,4-5,11H2,1H3. The van der Waals surface area contributed by atoms with E-state index < -0.39 is 0 Å².